The minimum Gasteiger partial charge on any atom is -0.274 e. The van der Waals surface area contributed by atoms with Crippen molar-refractivity contribution in [1.82, 2.24) is 9.78 Å². The summed E-state index contributed by atoms with van der Waals surface area (Å²) in [4.78, 5) is 0. The maximum Gasteiger partial charge on any atom is 0.148 e. The third-order valence-electron chi connectivity index (χ3n) is 1.69. The van der Waals surface area contributed by atoms with Gasteiger partial charge in [-0.25, -0.2) is 4.39 Å². The molecule has 0 fully saturated rings. The Kier molecular flexibility index (Phi) is 1.65. The van der Waals surface area contributed by atoms with Gasteiger partial charge in [0.25, 0.3) is 0 Å². The van der Waals surface area contributed by atoms with Crippen LogP contribution in [-0.4, -0.2) is 9.78 Å². The molecule has 1 aromatic heterocycles. The van der Waals surface area contributed by atoms with Crippen molar-refractivity contribution < 1.29 is 4.39 Å². The molecule has 62 valence electrons. The summed E-state index contributed by atoms with van der Waals surface area (Å²) in [6.45, 7) is 0. The highest BCUT2D eigenvalue weighted by molar-refractivity contribution is 9.10. The van der Waals surface area contributed by atoms with Crippen LogP contribution in [0.1, 0.15) is 0 Å². The number of aryl methyl sites for hydroxylation is 1. The molecule has 0 unspecified atom stereocenters. The lowest BCUT2D eigenvalue weighted by atomic mass is 10.2. The van der Waals surface area contributed by atoms with Gasteiger partial charge in [0.1, 0.15) is 5.82 Å². The molecule has 0 aliphatic carbocycles. The lowest BCUT2D eigenvalue weighted by molar-refractivity contribution is 0.633. The summed E-state index contributed by atoms with van der Waals surface area (Å²) < 4.78 is 15.4. The predicted octanol–water partition coefficient (Wildman–Crippen LogP) is 2.47. The molecule has 0 saturated carbocycles. The van der Waals surface area contributed by atoms with Gasteiger partial charge in [-0.05, 0) is 28.1 Å². The molecule has 1 aromatic carbocycles. The second kappa shape index (κ2) is 2.55. The summed E-state index contributed by atoms with van der Waals surface area (Å²) in [6, 6.07) is 3.44. The summed E-state index contributed by atoms with van der Waals surface area (Å²) in [6.07, 6.45) is 1.66. The summed E-state index contributed by atoms with van der Waals surface area (Å²) in [5.41, 5.74) is 0.679. The maximum atomic E-state index is 13.3. The predicted molar refractivity (Wildman–Crippen MR) is 48.4 cm³/mol. The highest BCUT2D eigenvalue weighted by atomic mass is 79.9. The van der Waals surface area contributed by atoms with Gasteiger partial charge in [-0.15, -0.1) is 0 Å². The van der Waals surface area contributed by atoms with Crippen LogP contribution in [0.15, 0.2) is 22.8 Å². The zero-order valence-corrected chi connectivity index (χ0v) is 7.97. The van der Waals surface area contributed by atoms with E-state index in [0.29, 0.717) is 15.4 Å². The Labute approximate surface area is 77.1 Å². The third kappa shape index (κ3) is 1.03. The molecule has 0 atom stereocenters. The van der Waals surface area contributed by atoms with Crippen LogP contribution in [0, 0.1) is 5.82 Å². The van der Waals surface area contributed by atoms with Gasteiger partial charge in [0, 0.05) is 13.2 Å². The third-order valence-corrected chi connectivity index (χ3v) is 2.30. The van der Waals surface area contributed by atoms with Crippen molar-refractivity contribution >= 4 is 26.8 Å². The Hall–Kier alpha value is -0.900. The number of rotatable bonds is 0. The van der Waals surface area contributed by atoms with Crippen LogP contribution < -0.4 is 0 Å². The second-order valence-electron chi connectivity index (χ2n) is 2.60. The zero-order valence-electron chi connectivity index (χ0n) is 6.38. The molecule has 0 saturated heterocycles. The van der Waals surface area contributed by atoms with Crippen LogP contribution in [0.5, 0.6) is 0 Å². The fourth-order valence-electron chi connectivity index (χ4n) is 1.15. The van der Waals surface area contributed by atoms with Gasteiger partial charge >= 0.3 is 0 Å². The van der Waals surface area contributed by atoms with E-state index in [4.69, 9.17) is 0 Å². The number of aromatic nitrogens is 2. The number of halogens is 2. The normalized spacial score (nSPS) is 10.9. The van der Waals surface area contributed by atoms with Gasteiger partial charge in [0.15, 0.2) is 0 Å². The SMILES string of the molecule is Cn1cc2c(F)c(Br)ccc2n1. The Balaban J connectivity index is 2.89. The van der Waals surface area contributed by atoms with Crippen molar-refractivity contribution in [3.05, 3.63) is 28.6 Å². The average molecular weight is 229 g/mol. The summed E-state index contributed by atoms with van der Waals surface area (Å²) in [5, 5.41) is 4.62. The number of hydrogen-bond donors (Lipinski definition) is 0. The van der Waals surface area contributed by atoms with Crippen molar-refractivity contribution in [1.29, 1.82) is 0 Å². The van der Waals surface area contributed by atoms with E-state index in [2.05, 4.69) is 21.0 Å². The van der Waals surface area contributed by atoms with Gasteiger partial charge in [-0.3, -0.25) is 4.68 Å². The summed E-state index contributed by atoms with van der Waals surface area (Å²) in [7, 11) is 1.77. The van der Waals surface area contributed by atoms with Crippen LogP contribution in [0.25, 0.3) is 10.9 Å². The molecule has 0 aliphatic rings. The number of nitrogens with zero attached hydrogens (tertiary/aromatic N) is 2. The molecule has 0 spiro atoms. The van der Waals surface area contributed by atoms with Crippen molar-refractivity contribution in [2.75, 3.05) is 0 Å². The quantitative estimate of drug-likeness (QED) is 0.678. The first-order valence-electron chi connectivity index (χ1n) is 3.46. The fraction of sp³-hybridized carbons (Fsp3) is 0.125. The largest absolute Gasteiger partial charge is 0.274 e. The van der Waals surface area contributed by atoms with Crippen LogP contribution in [0.2, 0.25) is 0 Å². The number of benzene rings is 1. The standard InChI is InChI=1S/C8H6BrFN2/c1-12-4-5-7(11-12)3-2-6(9)8(5)10/h2-4H,1H3. The Morgan fingerprint density at radius 1 is 1.50 bits per heavy atom. The van der Waals surface area contributed by atoms with Gasteiger partial charge < -0.3 is 0 Å². The molecule has 2 aromatic rings. The van der Waals surface area contributed by atoms with Gasteiger partial charge in [-0.1, -0.05) is 0 Å². The highest BCUT2D eigenvalue weighted by Gasteiger charge is 2.06. The Morgan fingerprint density at radius 3 is 3.00 bits per heavy atom. The summed E-state index contributed by atoms with van der Waals surface area (Å²) in [5.74, 6) is -0.249. The van der Waals surface area contributed by atoms with E-state index < -0.39 is 0 Å². The highest BCUT2D eigenvalue weighted by Crippen LogP contribution is 2.23. The maximum absolute atomic E-state index is 13.3. The molecule has 12 heavy (non-hydrogen) atoms. The van der Waals surface area contributed by atoms with E-state index >= 15 is 0 Å². The minimum absolute atomic E-state index is 0.249. The monoisotopic (exact) mass is 228 g/mol. The molecule has 0 bridgehead atoms. The molecule has 0 radical (unpaired) electrons. The number of hydrogen-bond acceptors (Lipinski definition) is 1. The van der Waals surface area contributed by atoms with E-state index in [1.54, 1.807) is 30.1 Å². The lowest BCUT2D eigenvalue weighted by Gasteiger charge is -1.92. The average Bonchev–Trinajstić information content (AvgIpc) is 2.39. The van der Waals surface area contributed by atoms with E-state index in [0.717, 1.165) is 0 Å². The molecule has 1 heterocycles. The van der Waals surface area contributed by atoms with Crippen LogP contribution in [0.3, 0.4) is 0 Å². The van der Waals surface area contributed by atoms with Crippen molar-refractivity contribution in [3.8, 4) is 0 Å². The minimum atomic E-state index is -0.249. The Morgan fingerprint density at radius 2 is 2.25 bits per heavy atom. The second-order valence-corrected chi connectivity index (χ2v) is 3.45. The molecule has 2 rings (SSSR count). The summed E-state index contributed by atoms with van der Waals surface area (Å²) >= 11 is 3.11. The van der Waals surface area contributed by atoms with Crippen LogP contribution >= 0.6 is 15.9 Å². The van der Waals surface area contributed by atoms with Crippen molar-refractivity contribution in [2.24, 2.45) is 7.05 Å². The van der Waals surface area contributed by atoms with Crippen molar-refractivity contribution in [3.63, 3.8) is 0 Å². The molecular formula is C8H6BrFN2. The fourth-order valence-corrected chi connectivity index (χ4v) is 1.50. The van der Waals surface area contributed by atoms with E-state index in [-0.39, 0.29) is 5.82 Å². The molecule has 0 aliphatic heterocycles. The first-order chi connectivity index (χ1) is 5.68. The van der Waals surface area contributed by atoms with Crippen LogP contribution in [0.4, 0.5) is 4.39 Å². The number of fused-ring (bicyclic) bond motifs is 1. The first-order valence-corrected chi connectivity index (χ1v) is 4.25. The van der Waals surface area contributed by atoms with E-state index in [1.165, 1.54) is 0 Å². The molecular weight excluding hydrogens is 223 g/mol. The van der Waals surface area contributed by atoms with Gasteiger partial charge in [0.2, 0.25) is 0 Å². The lowest BCUT2D eigenvalue weighted by Crippen LogP contribution is -1.84. The van der Waals surface area contributed by atoms with Crippen LogP contribution in [-0.2, 0) is 7.05 Å². The Bertz CT molecular complexity index is 436. The molecule has 0 N–H and O–H groups in total. The topological polar surface area (TPSA) is 17.8 Å². The van der Waals surface area contributed by atoms with Gasteiger partial charge in [0.05, 0.1) is 15.4 Å². The molecule has 0 amide bonds. The zero-order chi connectivity index (χ0) is 8.72. The first kappa shape index (κ1) is 7.73. The van der Waals surface area contributed by atoms with Crippen molar-refractivity contribution in [2.45, 2.75) is 0 Å². The van der Waals surface area contributed by atoms with Gasteiger partial charge in [-0.2, -0.15) is 5.10 Å². The molecule has 4 heteroatoms. The van der Waals surface area contributed by atoms with E-state index in [9.17, 15) is 4.39 Å². The smallest absolute Gasteiger partial charge is 0.148 e. The molecule has 2 nitrogen and oxygen atoms in total. The van der Waals surface area contributed by atoms with E-state index in [1.807, 2.05) is 0 Å².